The first kappa shape index (κ1) is 22.1. The van der Waals surface area contributed by atoms with Crippen molar-refractivity contribution >= 4 is 23.4 Å². The van der Waals surface area contributed by atoms with Crippen LogP contribution in [0.25, 0.3) is 0 Å². The Kier molecular flexibility index (Phi) is 7.35. The van der Waals surface area contributed by atoms with Crippen molar-refractivity contribution in [3.8, 4) is 0 Å². The number of benzene rings is 3. The van der Waals surface area contributed by atoms with Crippen LogP contribution in [-0.2, 0) is 16.6 Å². The molecule has 0 radical (unpaired) electrons. The maximum absolute atomic E-state index is 12.4. The van der Waals surface area contributed by atoms with Crippen molar-refractivity contribution in [2.45, 2.75) is 43.6 Å². The Morgan fingerprint density at radius 3 is 2.20 bits per heavy atom. The molecule has 1 amide bonds. The molecule has 156 valence electrons. The van der Waals surface area contributed by atoms with E-state index in [2.05, 4.69) is 24.4 Å². The van der Waals surface area contributed by atoms with Gasteiger partial charge >= 0.3 is 0 Å². The number of carbonyl (C=O) groups excluding carboxylic acids is 1. The number of hydrogen-bond acceptors (Lipinski definition) is 3. The summed E-state index contributed by atoms with van der Waals surface area (Å²) < 4.78 is 0. The van der Waals surface area contributed by atoms with Gasteiger partial charge in [0.05, 0.1) is 12.5 Å². The summed E-state index contributed by atoms with van der Waals surface area (Å²) in [5.74, 6) is 0.997. The normalized spacial score (nSPS) is 12.4. The van der Waals surface area contributed by atoms with Crippen molar-refractivity contribution in [1.29, 1.82) is 0 Å². The van der Waals surface area contributed by atoms with Gasteiger partial charge in [-0.05, 0) is 46.7 Å². The summed E-state index contributed by atoms with van der Waals surface area (Å²) in [6, 6.07) is 25.6. The molecule has 4 heteroatoms. The number of anilines is 1. The molecule has 0 aliphatic rings. The minimum absolute atomic E-state index is 0.0396. The predicted molar refractivity (Wildman–Crippen MR) is 126 cm³/mol. The first-order valence-corrected chi connectivity index (χ1v) is 11.2. The Hall–Kier alpha value is -2.56. The topological polar surface area (TPSA) is 49.3 Å². The molecule has 1 unspecified atom stereocenters. The van der Waals surface area contributed by atoms with Gasteiger partial charge < -0.3 is 10.4 Å². The SMILES string of the molecule is CCSc1ccc(CC(=O)Nc2ccc(C(C)(C)C(O)c3ccccc3)cc2)cc1. The highest BCUT2D eigenvalue weighted by molar-refractivity contribution is 7.99. The van der Waals surface area contributed by atoms with Gasteiger partial charge in [-0.25, -0.2) is 0 Å². The monoisotopic (exact) mass is 419 g/mol. The van der Waals surface area contributed by atoms with Gasteiger partial charge in [0, 0.05) is 16.0 Å². The van der Waals surface area contributed by atoms with Gasteiger partial charge in [-0.3, -0.25) is 4.79 Å². The van der Waals surface area contributed by atoms with Gasteiger partial charge in [0.25, 0.3) is 0 Å². The van der Waals surface area contributed by atoms with E-state index in [0.717, 1.165) is 28.1 Å². The fraction of sp³-hybridized carbons (Fsp3) is 0.269. The van der Waals surface area contributed by atoms with E-state index in [0.29, 0.717) is 6.42 Å². The standard InChI is InChI=1S/C26H29NO2S/c1-4-30-23-16-10-19(11-17-23)18-24(28)27-22-14-12-21(13-15-22)26(2,3)25(29)20-8-6-5-7-9-20/h5-17,25,29H,4,18H2,1-3H3,(H,27,28). The highest BCUT2D eigenvalue weighted by Gasteiger charge is 2.30. The fourth-order valence-electron chi connectivity index (χ4n) is 3.45. The molecule has 0 saturated heterocycles. The summed E-state index contributed by atoms with van der Waals surface area (Å²) in [6.07, 6.45) is -0.273. The Balaban J connectivity index is 1.62. The molecule has 0 heterocycles. The molecular formula is C26H29NO2S. The second-order valence-corrected chi connectivity index (χ2v) is 9.25. The molecule has 0 bridgehead atoms. The van der Waals surface area contributed by atoms with E-state index in [4.69, 9.17) is 0 Å². The summed E-state index contributed by atoms with van der Waals surface area (Å²) in [4.78, 5) is 13.6. The maximum atomic E-state index is 12.4. The molecule has 3 aromatic rings. The first-order valence-electron chi connectivity index (χ1n) is 10.3. The van der Waals surface area contributed by atoms with Crippen LogP contribution in [0.4, 0.5) is 5.69 Å². The van der Waals surface area contributed by atoms with Crippen LogP contribution < -0.4 is 5.32 Å². The molecule has 0 aliphatic heterocycles. The molecule has 0 spiro atoms. The number of carbonyl (C=O) groups is 1. The zero-order chi connectivity index (χ0) is 21.6. The quantitative estimate of drug-likeness (QED) is 0.441. The lowest BCUT2D eigenvalue weighted by atomic mass is 9.76. The van der Waals surface area contributed by atoms with E-state index in [1.807, 2.05) is 80.6 Å². The molecule has 1 atom stereocenters. The van der Waals surface area contributed by atoms with Crippen molar-refractivity contribution in [2.75, 3.05) is 11.1 Å². The van der Waals surface area contributed by atoms with Gasteiger partial charge in [-0.1, -0.05) is 75.4 Å². The third-order valence-corrected chi connectivity index (χ3v) is 6.20. The Bertz CT molecular complexity index is 951. The van der Waals surface area contributed by atoms with Gasteiger partial charge in [0.1, 0.15) is 0 Å². The summed E-state index contributed by atoms with van der Waals surface area (Å²) in [5, 5.41) is 13.8. The Morgan fingerprint density at radius 2 is 1.60 bits per heavy atom. The molecule has 3 nitrogen and oxygen atoms in total. The number of amides is 1. The summed E-state index contributed by atoms with van der Waals surface area (Å²) in [6.45, 7) is 6.18. The van der Waals surface area contributed by atoms with E-state index < -0.39 is 11.5 Å². The van der Waals surface area contributed by atoms with E-state index in [1.165, 1.54) is 4.90 Å². The molecular weight excluding hydrogens is 390 g/mol. The molecule has 0 aromatic heterocycles. The zero-order valence-electron chi connectivity index (χ0n) is 17.8. The second-order valence-electron chi connectivity index (χ2n) is 7.91. The molecule has 30 heavy (non-hydrogen) atoms. The molecule has 0 aliphatic carbocycles. The van der Waals surface area contributed by atoms with E-state index >= 15 is 0 Å². The lowest BCUT2D eigenvalue weighted by molar-refractivity contribution is -0.115. The average molecular weight is 420 g/mol. The molecule has 0 saturated carbocycles. The zero-order valence-corrected chi connectivity index (χ0v) is 18.6. The van der Waals surface area contributed by atoms with Crippen LogP contribution in [0.3, 0.4) is 0 Å². The van der Waals surface area contributed by atoms with Crippen LogP contribution in [0, 0.1) is 0 Å². The molecule has 0 fully saturated rings. The lowest BCUT2D eigenvalue weighted by Gasteiger charge is -2.31. The molecule has 3 aromatic carbocycles. The lowest BCUT2D eigenvalue weighted by Crippen LogP contribution is -2.26. The summed E-state index contributed by atoms with van der Waals surface area (Å²) in [7, 11) is 0. The first-order chi connectivity index (χ1) is 14.4. The van der Waals surface area contributed by atoms with E-state index in [-0.39, 0.29) is 5.91 Å². The highest BCUT2D eigenvalue weighted by atomic mass is 32.2. The number of aliphatic hydroxyl groups excluding tert-OH is 1. The van der Waals surface area contributed by atoms with Crippen molar-refractivity contribution in [1.82, 2.24) is 0 Å². The van der Waals surface area contributed by atoms with Crippen molar-refractivity contribution in [2.24, 2.45) is 0 Å². The predicted octanol–water partition coefficient (Wildman–Crippen LogP) is 5.99. The van der Waals surface area contributed by atoms with E-state index in [9.17, 15) is 9.90 Å². The van der Waals surface area contributed by atoms with E-state index in [1.54, 1.807) is 11.8 Å². The van der Waals surface area contributed by atoms with Crippen molar-refractivity contribution in [3.63, 3.8) is 0 Å². The smallest absolute Gasteiger partial charge is 0.228 e. The van der Waals surface area contributed by atoms with Crippen LogP contribution in [-0.4, -0.2) is 16.8 Å². The van der Waals surface area contributed by atoms with Crippen molar-refractivity contribution in [3.05, 3.63) is 95.6 Å². The minimum atomic E-state index is -0.618. The number of aliphatic hydroxyl groups is 1. The van der Waals surface area contributed by atoms with Crippen LogP contribution in [0.15, 0.2) is 83.8 Å². The van der Waals surface area contributed by atoms with Crippen LogP contribution in [0.1, 0.15) is 43.6 Å². The fourth-order valence-corrected chi connectivity index (χ4v) is 4.12. The molecule has 3 rings (SSSR count). The number of rotatable bonds is 8. The third-order valence-electron chi connectivity index (χ3n) is 5.31. The van der Waals surface area contributed by atoms with Gasteiger partial charge in [0.15, 0.2) is 0 Å². The summed E-state index contributed by atoms with van der Waals surface area (Å²) >= 11 is 1.79. The van der Waals surface area contributed by atoms with Gasteiger partial charge in [-0.15, -0.1) is 11.8 Å². The summed E-state index contributed by atoms with van der Waals surface area (Å²) in [5.41, 5.74) is 3.20. The maximum Gasteiger partial charge on any atom is 0.228 e. The number of hydrogen-bond donors (Lipinski definition) is 2. The molecule has 2 N–H and O–H groups in total. The minimum Gasteiger partial charge on any atom is -0.388 e. The van der Waals surface area contributed by atoms with Crippen LogP contribution >= 0.6 is 11.8 Å². The Labute approximate surface area is 183 Å². The van der Waals surface area contributed by atoms with Crippen LogP contribution in [0.2, 0.25) is 0 Å². The average Bonchev–Trinajstić information content (AvgIpc) is 2.75. The Morgan fingerprint density at radius 1 is 0.967 bits per heavy atom. The third kappa shape index (κ3) is 5.53. The number of nitrogens with one attached hydrogen (secondary N) is 1. The van der Waals surface area contributed by atoms with Crippen LogP contribution in [0.5, 0.6) is 0 Å². The second kappa shape index (κ2) is 9.96. The van der Waals surface area contributed by atoms with Gasteiger partial charge in [-0.2, -0.15) is 0 Å². The number of thioether (sulfide) groups is 1. The highest BCUT2D eigenvalue weighted by Crippen LogP contribution is 2.37. The van der Waals surface area contributed by atoms with Crippen molar-refractivity contribution < 1.29 is 9.90 Å². The van der Waals surface area contributed by atoms with Gasteiger partial charge in [0.2, 0.25) is 5.91 Å². The largest absolute Gasteiger partial charge is 0.388 e.